The predicted octanol–water partition coefficient (Wildman–Crippen LogP) is 0.178. The van der Waals surface area contributed by atoms with E-state index >= 15 is 0 Å². The van der Waals surface area contributed by atoms with E-state index in [9.17, 15) is 10.2 Å². The summed E-state index contributed by atoms with van der Waals surface area (Å²) in [6.07, 6.45) is 9.42. The maximum Gasteiger partial charge on any atom is 0.137 e. The van der Waals surface area contributed by atoms with Crippen LogP contribution in [0.5, 0.6) is 11.5 Å². The van der Waals surface area contributed by atoms with E-state index in [1.165, 1.54) is 51.4 Å². The Morgan fingerprint density at radius 1 is 0.714 bits per heavy atom. The lowest BCUT2D eigenvalue weighted by molar-refractivity contribution is -0.693. The molecule has 0 radical (unpaired) electrons. The Bertz CT molecular complexity index is 493. The fraction of sp³-hybridized carbons (Fsp3) is 0.727. The van der Waals surface area contributed by atoms with E-state index < -0.39 is 12.2 Å². The van der Waals surface area contributed by atoms with Crippen LogP contribution in [0.4, 0.5) is 0 Å². The Hall–Kier alpha value is -1.34. The van der Waals surface area contributed by atoms with Crippen molar-refractivity contribution in [3.8, 4) is 11.5 Å². The van der Waals surface area contributed by atoms with E-state index in [0.29, 0.717) is 38.4 Å². The fourth-order valence-corrected chi connectivity index (χ4v) is 4.24. The third-order valence-corrected chi connectivity index (χ3v) is 5.99. The lowest BCUT2D eigenvalue weighted by Crippen LogP contribution is -2.91. The highest BCUT2D eigenvalue weighted by molar-refractivity contribution is 5.31. The van der Waals surface area contributed by atoms with E-state index in [2.05, 4.69) is 10.6 Å². The summed E-state index contributed by atoms with van der Waals surface area (Å²) in [6, 6.07) is 8.74. The van der Waals surface area contributed by atoms with E-state index in [0.717, 1.165) is 11.5 Å². The quantitative estimate of drug-likeness (QED) is 0.407. The number of ether oxygens (including phenoxy) is 2. The number of aliphatic hydroxyl groups excluding tert-OH is 2. The monoisotopic (exact) mass is 394 g/mol. The van der Waals surface area contributed by atoms with Crippen molar-refractivity contribution in [3.05, 3.63) is 24.3 Å². The summed E-state index contributed by atoms with van der Waals surface area (Å²) in [4.78, 5) is 0. The van der Waals surface area contributed by atoms with Crippen LogP contribution in [0.2, 0.25) is 0 Å². The molecule has 0 aromatic heterocycles. The van der Waals surface area contributed by atoms with Gasteiger partial charge in [0.2, 0.25) is 0 Å². The van der Waals surface area contributed by atoms with Crippen LogP contribution < -0.4 is 20.1 Å². The molecule has 0 unspecified atom stereocenters. The first-order valence-corrected chi connectivity index (χ1v) is 11.1. The number of hydrogen-bond acceptors (Lipinski definition) is 4. The van der Waals surface area contributed by atoms with Crippen molar-refractivity contribution < 1.29 is 30.3 Å². The van der Waals surface area contributed by atoms with Gasteiger partial charge in [-0.1, -0.05) is 0 Å². The van der Waals surface area contributed by atoms with Gasteiger partial charge in [-0.05, 0) is 75.6 Å². The molecule has 0 amide bonds. The van der Waals surface area contributed by atoms with Gasteiger partial charge in [-0.25, -0.2) is 0 Å². The van der Waals surface area contributed by atoms with Gasteiger partial charge in [-0.3, -0.25) is 0 Å². The molecule has 0 bridgehead atoms. The van der Waals surface area contributed by atoms with Gasteiger partial charge in [0.1, 0.15) is 50.0 Å². The molecule has 6 heteroatoms. The van der Waals surface area contributed by atoms with Crippen molar-refractivity contribution in [1.82, 2.24) is 0 Å². The molecule has 3 rings (SSSR count). The molecule has 1 aromatic carbocycles. The largest absolute Gasteiger partial charge is 0.491 e. The van der Waals surface area contributed by atoms with Gasteiger partial charge in [-0.2, -0.15) is 0 Å². The van der Waals surface area contributed by atoms with Crippen LogP contribution in [0.25, 0.3) is 0 Å². The number of hydrogen-bond donors (Lipinski definition) is 4. The molecule has 6 nitrogen and oxygen atoms in total. The number of rotatable bonds is 12. The lowest BCUT2D eigenvalue weighted by Gasteiger charge is -2.15. The Morgan fingerprint density at radius 3 is 1.43 bits per heavy atom. The average Bonchev–Trinajstić information content (AvgIpc) is 3.42. The van der Waals surface area contributed by atoms with E-state index in [1.54, 1.807) is 0 Å². The van der Waals surface area contributed by atoms with Gasteiger partial charge in [-0.15, -0.1) is 0 Å². The minimum absolute atomic E-state index is 0.305. The van der Waals surface area contributed by atoms with Gasteiger partial charge in [0.05, 0.1) is 12.1 Å². The summed E-state index contributed by atoms with van der Waals surface area (Å²) < 4.78 is 11.4. The zero-order valence-electron chi connectivity index (χ0n) is 17.0. The third kappa shape index (κ3) is 7.59. The molecule has 2 aliphatic carbocycles. The molecule has 0 spiro atoms. The second-order valence-electron chi connectivity index (χ2n) is 8.43. The molecule has 0 heterocycles. The first-order chi connectivity index (χ1) is 13.7. The normalized spacial score (nSPS) is 20.4. The first kappa shape index (κ1) is 21.4. The SMILES string of the molecule is O[C@@H](C[NH2+]C1CCCC1)COc1ccc(OC[C@@H](O)C[NH2+]C2CCCC2)cc1. The maximum atomic E-state index is 10.1. The smallest absolute Gasteiger partial charge is 0.137 e. The number of aliphatic hydroxyl groups is 2. The topological polar surface area (TPSA) is 92.1 Å². The van der Waals surface area contributed by atoms with Gasteiger partial charge in [0, 0.05) is 0 Å². The highest BCUT2D eigenvalue weighted by Crippen LogP contribution is 2.18. The van der Waals surface area contributed by atoms with Crippen LogP contribution in [0, 0.1) is 0 Å². The molecular weight excluding hydrogens is 356 g/mol. The van der Waals surface area contributed by atoms with Gasteiger partial charge in [0.15, 0.2) is 0 Å². The van der Waals surface area contributed by atoms with Crippen molar-refractivity contribution in [1.29, 1.82) is 0 Å². The first-order valence-electron chi connectivity index (χ1n) is 11.1. The Kier molecular flexibility index (Phi) is 8.86. The summed E-state index contributed by atoms with van der Waals surface area (Å²) in [5, 5.41) is 24.7. The standard InChI is InChI=1S/C22H36N2O4/c25-19(13-23-17-5-1-2-6-17)15-27-21-9-11-22(12-10-21)28-16-20(26)14-24-18-7-3-4-8-18/h9-12,17-20,23-26H,1-8,13-16H2/p+2/t19-,20-/m0/s1. The maximum absolute atomic E-state index is 10.1. The molecule has 1 aromatic rings. The minimum atomic E-state index is -0.456. The van der Waals surface area contributed by atoms with Gasteiger partial charge < -0.3 is 30.3 Å². The summed E-state index contributed by atoms with van der Waals surface area (Å²) >= 11 is 0. The van der Waals surface area contributed by atoms with Crippen LogP contribution in [0.3, 0.4) is 0 Å². The van der Waals surface area contributed by atoms with E-state index in [1.807, 2.05) is 24.3 Å². The lowest BCUT2D eigenvalue weighted by atomic mass is 10.2. The van der Waals surface area contributed by atoms with Gasteiger partial charge in [0.25, 0.3) is 0 Å². The molecule has 0 aliphatic heterocycles. The van der Waals surface area contributed by atoms with Crippen molar-refractivity contribution in [2.24, 2.45) is 0 Å². The van der Waals surface area contributed by atoms with Crippen LogP contribution in [-0.2, 0) is 0 Å². The molecule has 6 N–H and O–H groups in total. The van der Waals surface area contributed by atoms with Crippen LogP contribution in [-0.4, -0.2) is 60.8 Å². The second kappa shape index (κ2) is 11.6. The summed E-state index contributed by atoms with van der Waals surface area (Å²) in [5.41, 5.74) is 0. The molecular formula is C22H38N2O4+2. The summed E-state index contributed by atoms with van der Waals surface area (Å²) in [6.45, 7) is 2.00. The highest BCUT2D eigenvalue weighted by atomic mass is 16.5. The van der Waals surface area contributed by atoms with E-state index in [-0.39, 0.29) is 0 Å². The number of quaternary nitrogens is 2. The second-order valence-corrected chi connectivity index (χ2v) is 8.43. The third-order valence-electron chi connectivity index (χ3n) is 5.99. The number of nitrogens with two attached hydrogens (primary N) is 2. The highest BCUT2D eigenvalue weighted by Gasteiger charge is 2.20. The van der Waals surface area contributed by atoms with Crippen molar-refractivity contribution in [2.45, 2.75) is 75.7 Å². The molecule has 28 heavy (non-hydrogen) atoms. The van der Waals surface area contributed by atoms with Crippen LogP contribution in [0.15, 0.2) is 24.3 Å². The minimum Gasteiger partial charge on any atom is -0.491 e. The molecule has 2 saturated carbocycles. The van der Waals surface area contributed by atoms with Crippen molar-refractivity contribution in [3.63, 3.8) is 0 Å². The summed E-state index contributed by atoms with van der Waals surface area (Å²) in [5.74, 6) is 1.45. The van der Waals surface area contributed by atoms with Crippen molar-refractivity contribution in [2.75, 3.05) is 26.3 Å². The zero-order valence-corrected chi connectivity index (χ0v) is 17.0. The van der Waals surface area contributed by atoms with E-state index in [4.69, 9.17) is 9.47 Å². The molecule has 2 fully saturated rings. The molecule has 158 valence electrons. The average molecular weight is 395 g/mol. The zero-order chi connectivity index (χ0) is 19.6. The number of benzene rings is 1. The van der Waals surface area contributed by atoms with Crippen LogP contribution in [0.1, 0.15) is 51.4 Å². The van der Waals surface area contributed by atoms with Gasteiger partial charge >= 0.3 is 0 Å². The Morgan fingerprint density at radius 2 is 1.07 bits per heavy atom. The fourth-order valence-electron chi connectivity index (χ4n) is 4.24. The summed E-state index contributed by atoms with van der Waals surface area (Å²) in [7, 11) is 0. The molecule has 2 aliphatic rings. The van der Waals surface area contributed by atoms with Crippen LogP contribution >= 0.6 is 0 Å². The Balaban J connectivity index is 1.28. The Labute approximate surface area is 168 Å². The predicted molar refractivity (Wildman–Crippen MR) is 108 cm³/mol. The van der Waals surface area contributed by atoms with Crippen molar-refractivity contribution >= 4 is 0 Å². The molecule has 0 saturated heterocycles. The molecule has 2 atom stereocenters.